The molecule has 2 aromatic heterocycles. The van der Waals surface area contributed by atoms with Crippen LogP contribution < -0.4 is 25.2 Å². The zero-order valence-corrected chi connectivity index (χ0v) is 36.4. The number of piperidine rings is 2. The molecule has 64 heavy (non-hydrogen) atoms. The van der Waals surface area contributed by atoms with Gasteiger partial charge in [0, 0.05) is 87.8 Å². The highest BCUT2D eigenvalue weighted by Gasteiger charge is 2.45. The van der Waals surface area contributed by atoms with Crippen LogP contribution in [0.4, 0.5) is 17.2 Å². The predicted octanol–water partition coefficient (Wildman–Crippen LogP) is 4.67. The largest absolute Gasteiger partial charge is 0.490 e. The maximum absolute atomic E-state index is 13.5. The van der Waals surface area contributed by atoms with E-state index in [9.17, 15) is 24.0 Å². The normalized spacial score (nSPS) is 23.3. The maximum Gasteiger partial charge on any atom is 0.262 e. The van der Waals surface area contributed by atoms with E-state index in [2.05, 4.69) is 54.2 Å². The van der Waals surface area contributed by atoms with Gasteiger partial charge in [0.25, 0.3) is 17.7 Å². The Labute approximate surface area is 372 Å². The smallest absolute Gasteiger partial charge is 0.262 e. The van der Waals surface area contributed by atoms with Crippen LogP contribution in [0.3, 0.4) is 0 Å². The van der Waals surface area contributed by atoms with Crippen LogP contribution in [0.15, 0.2) is 67.0 Å². The number of nitrogens with zero attached hydrogens (tertiary/aromatic N) is 8. The predicted molar refractivity (Wildman–Crippen MR) is 241 cm³/mol. The number of aromatic nitrogens is 2. The summed E-state index contributed by atoms with van der Waals surface area (Å²) in [7, 11) is 4.17. The third-order valence-corrected chi connectivity index (χ3v) is 13.5. The molecule has 1 unspecified atom stereocenters. The Bertz CT molecular complexity index is 2490. The summed E-state index contributed by atoms with van der Waals surface area (Å²) >= 11 is 0. The van der Waals surface area contributed by atoms with Gasteiger partial charge in [0.2, 0.25) is 17.5 Å². The van der Waals surface area contributed by atoms with Crippen LogP contribution in [0, 0.1) is 12.5 Å². The maximum atomic E-state index is 13.5. The SMILES string of the molecule is [C-]#[N+]c1ccc(OC2CCC(NC(=O)c3ccc(N4CCC(CN5CCN(c6ccc7c(c6)C(=O)N(C6CCC(=O)NC6=O)C7=O)C[C@@H]5CN(C)C)CC4)nc3)CC2)c2cccnc12. The number of piperazine rings is 1. The average molecular weight is 867 g/mol. The third-order valence-electron chi connectivity index (χ3n) is 13.5. The lowest BCUT2D eigenvalue weighted by molar-refractivity contribution is -0.136. The van der Waals surface area contributed by atoms with Crippen LogP contribution >= 0.6 is 0 Å². The van der Waals surface area contributed by atoms with E-state index in [1.54, 1.807) is 30.6 Å². The van der Waals surface area contributed by atoms with Gasteiger partial charge in [-0.25, -0.2) is 9.83 Å². The number of ether oxygens (including phenoxy) is 1. The van der Waals surface area contributed by atoms with Crippen molar-refractivity contribution in [3.8, 4) is 5.75 Å². The van der Waals surface area contributed by atoms with Gasteiger partial charge in [-0.3, -0.25) is 44.1 Å². The zero-order chi connectivity index (χ0) is 44.5. The minimum absolute atomic E-state index is 0.0271. The summed E-state index contributed by atoms with van der Waals surface area (Å²) in [4.78, 5) is 87.5. The highest BCUT2D eigenvalue weighted by Crippen LogP contribution is 2.35. The van der Waals surface area contributed by atoms with Gasteiger partial charge in [0.15, 0.2) is 0 Å². The number of rotatable bonds is 11. The van der Waals surface area contributed by atoms with Crippen LogP contribution in [0.2, 0.25) is 0 Å². The summed E-state index contributed by atoms with van der Waals surface area (Å²) < 4.78 is 6.39. The number of imide groups is 2. The first-order valence-corrected chi connectivity index (χ1v) is 22.5. The van der Waals surface area contributed by atoms with E-state index >= 15 is 0 Å². The van der Waals surface area contributed by atoms with Crippen molar-refractivity contribution in [2.24, 2.45) is 5.92 Å². The lowest BCUT2D eigenvalue weighted by Gasteiger charge is -2.45. The number of fused-ring (bicyclic) bond motifs is 2. The molecule has 1 aliphatic carbocycles. The lowest BCUT2D eigenvalue weighted by Crippen LogP contribution is -2.58. The van der Waals surface area contributed by atoms with Crippen molar-refractivity contribution in [1.29, 1.82) is 0 Å². The minimum atomic E-state index is -0.989. The number of nitrogens with one attached hydrogen (secondary N) is 2. The summed E-state index contributed by atoms with van der Waals surface area (Å²) in [6, 6.07) is 15.9. The number of likely N-dealkylation sites (N-methyl/N-ethyl adjacent to an activating group) is 1. The van der Waals surface area contributed by atoms with Crippen LogP contribution in [0.5, 0.6) is 5.75 Å². The molecule has 3 saturated heterocycles. The molecule has 9 rings (SSSR count). The highest BCUT2D eigenvalue weighted by molar-refractivity contribution is 6.23. The molecule has 332 valence electrons. The van der Waals surface area contributed by atoms with Gasteiger partial charge in [0.05, 0.1) is 34.9 Å². The summed E-state index contributed by atoms with van der Waals surface area (Å²) in [5.41, 5.74) is 3.18. The van der Waals surface area contributed by atoms with Crippen LogP contribution in [0.1, 0.15) is 82.4 Å². The molecule has 4 aliphatic heterocycles. The monoisotopic (exact) mass is 866 g/mol. The van der Waals surface area contributed by atoms with E-state index in [0.717, 1.165) is 112 Å². The van der Waals surface area contributed by atoms with Gasteiger partial charge in [-0.15, -0.1) is 0 Å². The Morgan fingerprint density at radius 2 is 1.69 bits per heavy atom. The minimum Gasteiger partial charge on any atom is -0.490 e. The van der Waals surface area contributed by atoms with Gasteiger partial charge in [0.1, 0.15) is 17.6 Å². The molecule has 16 nitrogen and oxygen atoms in total. The number of carbonyl (C=O) groups excluding carboxylic acids is 5. The zero-order valence-electron chi connectivity index (χ0n) is 36.4. The quantitative estimate of drug-likeness (QED) is 0.159. The van der Waals surface area contributed by atoms with Gasteiger partial charge >= 0.3 is 0 Å². The molecule has 5 aliphatic rings. The average Bonchev–Trinajstić information content (AvgIpc) is 3.55. The number of carbonyl (C=O) groups is 5. The first-order chi connectivity index (χ1) is 31.0. The van der Waals surface area contributed by atoms with Crippen molar-refractivity contribution < 1.29 is 28.7 Å². The van der Waals surface area contributed by atoms with E-state index in [0.29, 0.717) is 28.2 Å². The molecule has 1 saturated carbocycles. The fourth-order valence-electron chi connectivity index (χ4n) is 10.1. The second-order valence-corrected chi connectivity index (χ2v) is 18.0. The molecule has 6 heterocycles. The molecule has 4 aromatic rings. The molecule has 16 heteroatoms. The van der Waals surface area contributed by atoms with E-state index < -0.39 is 29.7 Å². The number of benzene rings is 2. The van der Waals surface area contributed by atoms with E-state index in [1.807, 2.05) is 36.4 Å². The fraction of sp³-hybridized carbons (Fsp3) is 0.458. The molecule has 4 fully saturated rings. The molecule has 2 N–H and O–H groups in total. The van der Waals surface area contributed by atoms with Crippen molar-refractivity contribution in [3.05, 3.63) is 95.1 Å². The van der Waals surface area contributed by atoms with Gasteiger partial charge in [-0.05, 0) is 113 Å². The molecule has 5 amide bonds. The lowest BCUT2D eigenvalue weighted by atomic mass is 9.92. The molecular weight excluding hydrogens is 813 g/mol. The summed E-state index contributed by atoms with van der Waals surface area (Å²) in [6.07, 6.45) is 8.94. The van der Waals surface area contributed by atoms with Crippen LogP contribution in [0.25, 0.3) is 15.7 Å². The number of pyridine rings is 2. The Morgan fingerprint density at radius 3 is 2.42 bits per heavy atom. The number of hydrogen-bond donors (Lipinski definition) is 2. The number of hydrogen-bond acceptors (Lipinski definition) is 12. The van der Waals surface area contributed by atoms with Crippen molar-refractivity contribution in [2.45, 2.75) is 75.6 Å². The van der Waals surface area contributed by atoms with Crippen LogP contribution in [-0.2, 0) is 9.59 Å². The second-order valence-electron chi connectivity index (χ2n) is 18.0. The molecule has 2 atom stereocenters. The summed E-state index contributed by atoms with van der Waals surface area (Å²) in [5, 5.41) is 6.31. The molecule has 2 aromatic carbocycles. The Kier molecular flexibility index (Phi) is 12.3. The van der Waals surface area contributed by atoms with Gasteiger partial charge in [-0.2, -0.15) is 0 Å². The highest BCUT2D eigenvalue weighted by atomic mass is 16.5. The fourth-order valence-corrected chi connectivity index (χ4v) is 10.1. The molecular formula is C48H54N10O6. The molecule has 0 spiro atoms. The summed E-state index contributed by atoms with van der Waals surface area (Å²) in [6.45, 7) is 13.5. The van der Waals surface area contributed by atoms with Gasteiger partial charge in [-0.1, -0.05) is 6.07 Å². The number of amides is 5. The Hall–Kier alpha value is -6.44. The van der Waals surface area contributed by atoms with Crippen LogP contribution in [-0.4, -0.2) is 138 Å². The first-order valence-electron chi connectivity index (χ1n) is 22.5. The van der Waals surface area contributed by atoms with Crippen molar-refractivity contribution in [3.63, 3.8) is 0 Å². The molecule has 0 radical (unpaired) electrons. The summed E-state index contributed by atoms with van der Waals surface area (Å²) in [5.74, 6) is 0.0427. The number of anilines is 2. The van der Waals surface area contributed by atoms with E-state index in [4.69, 9.17) is 16.3 Å². The third kappa shape index (κ3) is 8.87. The van der Waals surface area contributed by atoms with Gasteiger partial charge < -0.3 is 24.8 Å². The second kappa shape index (κ2) is 18.3. The topological polar surface area (TPSA) is 165 Å². The first kappa shape index (κ1) is 42.8. The Morgan fingerprint density at radius 1 is 0.891 bits per heavy atom. The van der Waals surface area contributed by atoms with Crippen molar-refractivity contribution in [1.82, 2.24) is 35.3 Å². The van der Waals surface area contributed by atoms with E-state index in [-0.39, 0.29) is 42.5 Å². The van der Waals surface area contributed by atoms with Crippen molar-refractivity contribution in [2.75, 3.05) is 69.7 Å². The van der Waals surface area contributed by atoms with Crippen molar-refractivity contribution >= 4 is 57.6 Å². The standard InChI is InChI=1S/C48H54N10O6/c1-49-39-13-15-41(37-5-4-20-50-44(37)39)64-35-10-7-32(8-11-35)52-45(60)31-6-16-42(51-26-31)55-21-18-30(19-22-55)27-56-23-24-57(29-34(56)28-54(2)3)33-9-12-36-38(25-33)48(63)58(47(36)62)40-14-17-43(59)53-46(40)61/h4-6,9,12-13,15-16,20,25-26,30,32,34-35,40H,7-8,10-11,14,17-19,21-24,27-29H2,2-3H3,(H,52,60)(H,53,59,61)/t32?,34-,35?,40?/m0/s1. The molecule has 0 bridgehead atoms. The Balaban J connectivity index is 0.740. The van der Waals surface area contributed by atoms with E-state index in [1.165, 1.54) is 0 Å².